The molecule has 1 aromatic rings. The standard InChI is InChI=1S/C10H18N4O2S/c1-4-5-6-17(15,16)13-9-7-11-10(12-8-9)14(2)3/h7-8,13H,4-6H2,1-3H3. The van der Waals surface area contributed by atoms with Crippen LogP contribution in [0.15, 0.2) is 12.4 Å². The van der Waals surface area contributed by atoms with Gasteiger partial charge in [0.1, 0.15) is 0 Å². The van der Waals surface area contributed by atoms with Gasteiger partial charge in [-0.3, -0.25) is 4.72 Å². The van der Waals surface area contributed by atoms with Gasteiger partial charge in [-0.2, -0.15) is 0 Å². The smallest absolute Gasteiger partial charge is 0.232 e. The van der Waals surface area contributed by atoms with Gasteiger partial charge in [0, 0.05) is 14.1 Å². The van der Waals surface area contributed by atoms with Gasteiger partial charge < -0.3 is 4.90 Å². The molecule has 0 radical (unpaired) electrons. The molecule has 0 unspecified atom stereocenters. The third-order valence-corrected chi connectivity index (χ3v) is 3.45. The van der Waals surface area contributed by atoms with Crippen LogP contribution in [0.5, 0.6) is 0 Å². The first-order valence-electron chi connectivity index (χ1n) is 5.44. The minimum Gasteiger partial charge on any atom is -0.347 e. The molecule has 0 aromatic carbocycles. The van der Waals surface area contributed by atoms with Gasteiger partial charge in [0.15, 0.2) is 0 Å². The van der Waals surface area contributed by atoms with Gasteiger partial charge in [-0.05, 0) is 6.42 Å². The van der Waals surface area contributed by atoms with Crippen LogP contribution in [0.2, 0.25) is 0 Å². The Morgan fingerprint density at radius 1 is 1.29 bits per heavy atom. The lowest BCUT2D eigenvalue weighted by Gasteiger charge is -2.10. The third-order valence-electron chi connectivity index (χ3n) is 2.08. The summed E-state index contributed by atoms with van der Waals surface area (Å²) >= 11 is 0. The van der Waals surface area contributed by atoms with E-state index in [-0.39, 0.29) is 5.75 Å². The molecule has 0 saturated carbocycles. The molecule has 6 nitrogen and oxygen atoms in total. The fourth-order valence-corrected chi connectivity index (χ4v) is 2.41. The molecule has 1 rings (SSSR count). The number of rotatable bonds is 6. The molecule has 96 valence electrons. The summed E-state index contributed by atoms with van der Waals surface area (Å²) in [5.41, 5.74) is 0.395. The van der Waals surface area contributed by atoms with Gasteiger partial charge in [-0.25, -0.2) is 18.4 Å². The molecule has 7 heteroatoms. The number of aromatic nitrogens is 2. The molecular weight excluding hydrogens is 240 g/mol. The molecule has 0 bridgehead atoms. The summed E-state index contributed by atoms with van der Waals surface area (Å²) in [4.78, 5) is 9.81. The van der Waals surface area contributed by atoms with Crippen molar-refractivity contribution in [1.82, 2.24) is 9.97 Å². The van der Waals surface area contributed by atoms with Crippen molar-refractivity contribution in [1.29, 1.82) is 0 Å². The Hall–Kier alpha value is -1.37. The Morgan fingerprint density at radius 3 is 2.35 bits per heavy atom. The van der Waals surface area contributed by atoms with E-state index in [9.17, 15) is 8.42 Å². The maximum Gasteiger partial charge on any atom is 0.232 e. The van der Waals surface area contributed by atoms with E-state index in [1.807, 2.05) is 21.0 Å². The summed E-state index contributed by atoms with van der Waals surface area (Å²) in [7, 11) is 0.366. The maximum absolute atomic E-state index is 11.6. The largest absolute Gasteiger partial charge is 0.347 e. The molecule has 0 atom stereocenters. The van der Waals surface area contributed by atoms with Gasteiger partial charge in [0.2, 0.25) is 16.0 Å². The van der Waals surface area contributed by atoms with E-state index in [1.54, 1.807) is 4.90 Å². The van der Waals surface area contributed by atoms with E-state index in [4.69, 9.17) is 0 Å². The average molecular weight is 258 g/mol. The summed E-state index contributed by atoms with van der Waals surface area (Å²) in [6.07, 6.45) is 4.42. The zero-order chi connectivity index (χ0) is 12.9. The van der Waals surface area contributed by atoms with Gasteiger partial charge in [0.05, 0.1) is 23.8 Å². The van der Waals surface area contributed by atoms with Crippen molar-refractivity contribution < 1.29 is 8.42 Å². The predicted octanol–water partition coefficient (Wildman–Crippen LogP) is 1.08. The lowest BCUT2D eigenvalue weighted by atomic mass is 10.4. The third kappa shape index (κ3) is 4.56. The average Bonchev–Trinajstić information content (AvgIpc) is 2.26. The van der Waals surface area contributed by atoms with Gasteiger partial charge in [-0.1, -0.05) is 13.3 Å². The second kappa shape index (κ2) is 5.81. The molecule has 0 saturated heterocycles. The Morgan fingerprint density at radius 2 is 1.88 bits per heavy atom. The Bertz CT molecular complexity index is 442. The highest BCUT2D eigenvalue weighted by molar-refractivity contribution is 7.92. The molecule has 17 heavy (non-hydrogen) atoms. The van der Waals surface area contributed by atoms with Crippen molar-refractivity contribution in [3.05, 3.63) is 12.4 Å². The summed E-state index contributed by atoms with van der Waals surface area (Å²) in [6.45, 7) is 1.95. The molecule has 1 aromatic heterocycles. The predicted molar refractivity (Wildman–Crippen MR) is 68.7 cm³/mol. The van der Waals surface area contributed by atoms with Gasteiger partial charge >= 0.3 is 0 Å². The number of unbranched alkanes of at least 4 members (excludes halogenated alkanes) is 1. The molecular formula is C10H18N4O2S. The molecule has 0 aliphatic carbocycles. The summed E-state index contributed by atoms with van der Waals surface area (Å²) in [5, 5.41) is 0. The monoisotopic (exact) mass is 258 g/mol. The zero-order valence-electron chi connectivity index (χ0n) is 10.3. The molecule has 0 amide bonds. The number of hydrogen-bond acceptors (Lipinski definition) is 5. The van der Waals surface area contributed by atoms with E-state index in [2.05, 4.69) is 14.7 Å². The van der Waals surface area contributed by atoms with Crippen LogP contribution >= 0.6 is 0 Å². The van der Waals surface area contributed by atoms with Crippen LogP contribution in [0.25, 0.3) is 0 Å². The van der Waals surface area contributed by atoms with Crippen molar-refractivity contribution >= 4 is 21.7 Å². The second-order valence-corrected chi connectivity index (χ2v) is 5.78. The number of anilines is 2. The quantitative estimate of drug-likeness (QED) is 0.826. The topological polar surface area (TPSA) is 75.2 Å². The molecule has 1 N–H and O–H groups in total. The first-order valence-corrected chi connectivity index (χ1v) is 7.09. The number of nitrogens with zero attached hydrogens (tertiary/aromatic N) is 3. The number of nitrogens with one attached hydrogen (secondary N) is 1. The van der Waals surface area contributed by atoms with Crippen molar-refractivity contribution in [2.45, 2.75) is 19.8 Å². The van der Waals surface area contributed by atoms with Gasteiger partial charge in [-0.15, -0.1) is 0 Å². The minimum absolute atomic E-state index is 0.124. The molecule has 0 spiro atoms. The lowest BCUT2D eigenvalue weighted by molar-refractivity contribution is 0.598. The van der Waals surface area contributed by atoms with Crippen molar-refractivity contribution in [2.24, 2.45) is 0 Å². The van der Waals surface area contributed by atoms with Crippen LogP contribution in [0.3, 0.4) is 0 Å². The first kappa shape index (κ1) is 13.7. The maximum atomic E-state index is 11.6. The van der Waals surface area contributed by atoms with Crippen LogP contribution in [-0.2, 0) is 10.0 Å². The van der Waals surface area contributed by atoms with Crippen LogP contribution in [0.1, 0.15) is 19.8 Å². The highest BCUT2D eigenvalue weighted by atomic mass is 32.2. The zero-order valence-corrected chi connectivity index (χ0v) is 11.2. The SMILES string of the molecule is CCCCS(=O)(=O)Nc1cnc(N(C)C)nc1. The van der Waals surface area contributed by atoms with Crippen LogP contribution in [0, 0.1) is 0 Å². The lowest BCUT2D eigenvalue weighted by Crippen LogP contribution is -2.17. The van der Waals surface area contributed by atoms with Crippen LogP contribution in [0.4, 0.5) is 11.6 Å². The molecule has 0 aliphatic heterocycles. The normalized spacial score (nSPS) is 11.2. The van der Waals surface area contributed by atoms with E-state index in [0.29, 0.717) is 18.1 Å². The number of hydrogen-bond donors (Lipinski definition) is 1. The molecule has 0 aliphatic rings. The van der Waals surface area contributed by atoms with Crippen molar-refractivity contribution in [2.75, 3.05) is 29.5 Å². The van der Waals surface area contributed by atoms with Crippen LogP contribution in [-0.4, -0.2) is 38.2 Å². The van der Waals surface area contributed by atoms with E-state index < -0.39 is 10.0 Å². The second-order valence-electron chi connectivity index (χ2n) is 3.94. The Balaban J connectivity index is 2.69. The fourth-order valence-electron chi connectivity index (χ4n) is 1.17. The Labute approximate surface area is 102 Å². The van der Waals surface area contributed by atoms with Crippen molar-refractivity contribution in [3.63, 3.8) is 0 Å². The summed E-state index contributed by atoms with van der Waals surface area (Å²) in [6, 6.07) is 0. The van der Waals surface area contributed by atoms with Gasteiger partial charge in [0.25, 0.3) is 0 Å². The Kier molecular flexibility index (Phi) is 4.68. The minimum atomic E-state index is -3.27. The van der Waals surface area contributed by atoms with E-state index >= 15 is 0 Å². The van der Waals surface area contributed by atoms with E-state index in [0.717, 1.165) is 6.42 Å². The number of sulfonamides is 1. The highest BCUT2D eigenvalue weighted by Crippen LogP contribution is 2.10. The molecule has 1 heterocycles. The van der Waals surface area contributed by atoms with E-state index in [1.165, 1.54) is 12.4 Å². The van der Waals surface area contributed by atoms with Crippen LogP contribution < -0.4 is 9.62 Å². The molecule has 0 fully saturated rings. The van der Waals surface area contributed by atoms with Crippen molar-refractivity contribution in [3.8, 4) is 0 Å². The summed E-state index contributed by atoms with van der Waals surface area (Å²) < 4.78 is 25.6. The fraction of sp³-hybridized carbons (Fsp3) is 0.600. The first-order chi connectivity index (χ1) is 7.94. The highest BCUT2D eigenvalue weighted by Gasteiger charge is 2.10. The summed E-state index contributed by atoms with van der Waals surface area (Å²) in [5.74, 6) is 0.667.